The Bertz CT molecular complexity index is 726. The van der Waals surface area contributed by atoms with Crippen LogP contribution < -0.4 is 0 Å². The summed E-state index contributed by atoms with van der Waals surface area (Å²) in [5.74, 6) is 4.92. The van der Waals surface area contributed by atoms with Gasteiger partial charge in [-0.15, -0.1) is 0 Å². The Morgan fingerprint density at radius 2 is 1.84 bits per heavy atom. The molecule has 0 spiro atoms. The van der Waals surface area contributed by atoms with Gasteiger partial charge < -0.3 is 9.84 Å². The summed E-state index contributed by atoms with van der Waals surface area (Å²) in [4.78, 5) is 0. The van der Waals surface area contributed by atoms with Crippen molar-refractivity contribution in [2.24, 2.45) is 46.3 Å². The predicted octanol–water partition coefficient (Wildman–Crippen LogP) is 7.16. The number of ether oxygens (including phenoxy) is 1. The summed E-state index contributed by atoms with van der Waals surface area (Å²) in [6.45, 7) is 14.8. The molecule has 3 unspecified atom stereocenters. The van der Waals surface area contributed by atoms with Crippen molar-refractivity contribution >= 4 is 0 Å². The van der Waals surface area contributed by atoms with Gasteiger partial charge in [0.05, 0.1) is 17.8 Å². The van der Waals surface area contributed by atoms with Gasteiger partial charge in [0.25, 0.3) is 0 Å². The molecule has 3 saturated carbocycles. The molecule has 5 aliphatic rings. The Morgan fingerprint density at radius 1 is 1.06 bits per heavy atom. The Morgan fingerprint density at radius 3 is 2.52 bits per heavy atom. The summed E-state index contributed by atoms with van der Waals surface area (Å²) in [6, 6.07) is 0. The molecular weight excluding hydrogens is 380 g/mol. The highest BCUT2D eigenvalue weighted by atomic mass is 16.6. The van der Waals surface area contributed by atoms with E-state index in [0.717, 1.165) is 48.9 Å². The highest BCUT2D eigenvalue weighted by Crippen LogP contribution is 2.67. The first-order chi connectivity index (χ1) is 14.7. The molecule has 5 rings (SSSR count). The van der Waals surface area contributed by atoms with E-state index in [1.165, 1.54) is 44.9 Å². The van der Waals surface area contributed by atoms with Crippen molar-refractivity contribution < 1.29 is 9.84 Å². The van der Waals surface area contributed by atoms with Crippen LogP contribution in [0.1, 0.15) is 106 Å². The van der Waals surface area contributed by atoms with Gasteiger partial charge in [-0.05, 0) is 111 Å². The third-order valence-electron chi connectivity index (χ3n) is 11.8. The molecule has 31 heavy (non-hydrogen) atoms. The second kappa shape index (κ2) is 7.59. The molecule has 10 atom stereocenters. The van der Waals surface area contributed by atoms with Gasteiger partial charge in [0.1, 0.15) is 0 Å². The zero-order chi connectivity index (χ0) is 22.2. The van der Waals surface area contributed by atoms with Gasteiger partial charge >= 0.3 is 0 Å². The fourth-order valence-corrected chi connectivity index (χ4v) is 9.82. The maximum Gasteiger partial charge on any atom is 0.0968 e. The first-order valence-electron chi connectivity index (χ1n) is 13.7. The number of epoxide rings is 1. The molecular formula is C29H48O2. The largest absolute Gasteiger partial charge is 0.393 e. The van der Waals surface area contributed by atoms with Crippen LogP contribution in [-0.4, -0.2) is 22.9 Å². The van der Waals surface area contributed by atoms with Crippen LogP contribution in [0.5, 0.6) is 0 Å². The topological polar surface area (TPSA) is 32.8 Å². The van der Waals surface area contributed by atoms with Gasteiger partial charge in [-0.3, -0.25) is 0 Å². The van der Waals surface area contributed by atoms with Crippen molar-refractivity contribution in [1.29, 1.82) is 0 Å². The molecule has 1 heterocycles. The molecule has 0 aromatic heterocycles. The number of hydrogen-bond donors (Lipinski definition) is 1. The molecule has 4 fully saturated rings. The second-order valence-corrected chi connectivity index (χ2v) is 13.2. The molecule has 4 aliphatic carbocycles. The molecule has 1 N–H and O–H groups in total. The SMILES string of the molecule is CC[C@@]1(C(C)C)O[C@H]1C[C@@H](C)[C@H]1CCC2C3CC=C4C[C@@H](O)CC[C@]4(C)C3CC[C@@]21C. The molecule has 0 bridgehead atoms. The zero-order valence-corrected chi connectivity index (χ0v) is 21.1. The lowest BCUT2D eigenvalue weighted by atomic mass is 9.47. The number of rotatable bonds is 5. The molecule has 0 amide bonds. The van der Waals surface area contributed by atoms with Gasteiger partial charge in [-0.1, -0.05) is 53.2 Å². The van der Waals surface area contributed by atoms with Gasteiger partial charge in [-0.2, -0.15) is 0 Å². The second-order valence-electron chi connectivity index (χ2n) is 13.2. The van der Waals surface area contributed by atoms with Gasteiger partial charge in [0, 0.05) is 0 Å². The average molecular weight is 429 g/mol. The fourth-order valence-electron chi connectivity index (χ4n) is 9.82. The molecule has 0 aromatic rings. The van der Waals surface area contributed by atoms with Crippen LogP contribution in [0.2, 0.25) is 0 Å². The zero-order valence-electron chi connectivity index (χ0n) is 21.1. The molecule has 2 nitrogen and oxygen atoms in total. The van der Waals surface area contributed by atoms with Crippen LogP contribution >= 0.6 is 0 Å². The van der Waals surface area contributed by atoms with Gasteiger partial charge in [0.2, 0.25) is 0 Å². The number of hydrogen-bond acceptors (Lipinski definition) is 2. The van der Waals surface area contributed by atoms with E-state index >= 15 is 0 Å². The van der Waals surface area contributed by atoms with E-state index in [1.54, 1.807) is 5.57 Å². The van der Waals surface area contributed by atoms with Gasteiger partial charge in [0.15, 0.2) is 0 Å². The molecule has 176 valence electrons. The van der Waals surface area contributed by atoms with E-state index in [4.69, 9.17) is 4.74 Å². The van der Waals surface area contributed by atoms with E-state index in [2.05, 4.69) is 47.6 Å². The lowest BCUT2D eigenvalue weighted by Gasteiger charge is -2.58. The monoisotopic (exact) mass is 428 g/mol. The first-order valence-corrected chi connectivity index (χ1v) is 13.7. The minimum atomic E-state index is -0.0906. The molecule has 0 aromatic carbocycles. The van der Waals surface area contributed by atoms with Crippen molar-refractivity contribution in [3.63, 3.8) is 0 Å². The normalized spacial score (nSPS) is 52.2. The summed E-state index contributed by atoms with van der Waals surface area (Å²) in [7, 11) is 0. The van der Waals surface area contributed by atoms with Crippen molar-refractivity contribution in [2.45, 2.75) is 124 Å². The lowest BCUT2D eigenvalue weighted by Crippen LogP contribution is -2.50. The fraction of sp³-hybridized carbons (Fsp3) is 0.931. The summed E-state index contributed by atoms with van der Waals surface area (Å²) in [6.07, 6.45) is 15.6. The minimum absolute atomic E-state index is 0.0906. The molecule has 2 heteroatoms. The van der Waals surface area contributed by atoms with E-state index < -0.39 is 0 Å². The predicted molar refractivity (Wildman–Crippen MR) is 128 cm³/mol. The number of allylic oxidation sites excluding steroid dienone is 1. The van der Waals surface area contributed by atoms with E-state index in [9.17, 15) is 5.11 Å². The summed E-state index contributed by atoms with van der Waals surface area (Å²) in [5, 5.41) is 10.3. The Hall–Kier alpha value is -0.340. The van der Waals surface area contributed by atoms with Crippen LogP contribution in [0.3, 0.4) is 0 Å². The van der Waals surface area contributed by atoms with Crippen LogP contribution in [0.15, 0.2) is 11.6 Å². The molecule has 0 radical (unpaired) electrons. The van der Waals surface area contributed by atoms with Crippen molar-refractivity contribution in [2.75, 3.05) is 0 Å². The lowest BCUT2D eigenvalue weighted by molar-refractivity contribution is -0.0575. The number of aliphatic hydroxyl groups excluding tert-OH is 1. The van der Waals surface area contributed by atoms with Crippen LogP contribution in [0, 0.1) is 46.3 Å². The standard InChI is InChI=1S/C29H48O2/c1-7-29(18(2)3)26(31-29)16-19(4)23-10-11-24-22-9-8-20-17-21(30)12-14-27(20,5)25(22)13-15-28(23,24)6/h8,18-19,21-26,30H,7,9-17H2,1-6H3/t19-,21+,22?,23-,24?,25?,26+,27+,28-,29+/m1/s1. The highest BCUT2D eigenvalue weighted by Gasteiger charge is 2.61. The number of aliphatic hydroxyl groups is 1. The summed E-state index contributed by atoms with van der Waals surface area (Å²) >= 11 is 0. The van der Waals surface area contributed by atoms with E-state index in [-0.39, 0.29) is 11.7 Å². The minimum Gasteiger partial charge on any atom is -0.393 e. The number of fused-ring (bicyclic) bond motifs is 5. The smallest absolute Gasteiger partial charge is 0.0968 e. The summed E-state index contributed by atoms with van der Waals surface area (Å²) < 4.78 is 6.35. The van der Waals surface area contributed by atoms with E-state index in [0.29, 0.717) is 22.9 Å². The summed E-state index contributed by atoms with van der Waals surface area (Å²) in [5.41, 5.74) is 2.68. The van der Waals surface area contributed by atoms with Crippen LogP contribution in [0.4, 0.5) is 0 Å². The first kappa shape index (κ1) is 22.5. The molecule has 1 saturated heterocycles. The average Bonchev–Trinajstić information content (AvgIpc) is 3.32. The van der Waals surface area contributed by atoms with Gasteiger partial charge in [-0.25, -0.2) is 0 Å². The van der Waals surface area contributed by atoms with E-state index in [1.807, 2.05) is 0 Å². The maximum atomic E-state index is 10.3. The van der Waals surface area contributed by atoms with Crippen molar-refractivity contribution in [3.05, 3.63) is 11.6 Å². The maximum absolute atomic E-state index is 10.3. The van der Waals surface area contributed by atoms with Crippen molar-refractivity contribution in [3.8, 4) is 0 Å². The quantitative estimate of drug-likeness (QED) is 0.372. The Labute approximate surface area is 191 Å². The van der Waals surface area contributed by atoms with Crippen molar-refractivity contribution in [1.82, 2.24) is 0 Å². The Balaban J connectivity index is 1.31. The molecule has 1 aliphatic heterocycles. The Kier molecular flexibility index (Phi) is 5.50. The van der Waals surface area contributed by atoms with Crippen LogP contribution in [0.25, 0.3) is 0 Å². The van der Waals surface area contributed by atoms with Crippen LogP contribution in [-0.2, 0) is 4.74 Å². The highest BCUT2D eigenvalue weighted by molar-refractivity contribution is 5.25. The third kappa shape index (κ3) is 3.24. The third-order valence-corrected chi connectivity index (χ3v) is 11.8.